The van der Waals surface area contributed by atoms with E-state index in [1.54, 1.807) is 13.8 Å². The Morgan fingerprint density at radius 2 is 0.786 bits per heavy atom. The summed E-state index contributed by atoms with van der Waals surface area (Å²) in [6.45, 7) is 4.63. The van der Waals surface area contributed by atoms with Gasteiger partial charge in [0, 0.05) is 83.9 Å². The van der Waals surface area contributed by atoms with Crippen molar-refractivity contribution in [3.05, 3.63) is 166 Å². The predicted molar refractivity (Wildman–Crippen MR) is 242 cm³/mol. The Kier molecular flexibility index (Phi) is 20.1. The molecule has 0 spiro atoms. The van der Waals surface area contributed by atoms with Crippen LogP contribution in [-0.2, 0) is 47.7 Å². The van der Waals surface area contributed by atoms with E-state index in [1.165, 1.54) is 74.6 Å². The molecule has 0 radical (unpaired) electrons. The third kappa shape index (κ3) is 18.6. The minimum absolute atomic E-state index is 0.0378. The number of aromatic nitrogens is 6. The maximum absolute atomic E-state index is 13.1. The first-order valence-electron chi connectivity index (χ1n) is 19.3. The Bertz CT molecular complexity index is 2900. The summed E-state index contributed by atoms with van der Waals surface area (Å²) < 4.78 is 202. The molecule has 6 rings (SSSR count). The number of pyridine rings is 6. The molecular formula is C42H40BrF12N9O3S3. The molecule has 1 N–H and O–H groups in total. The summed E-state index contributed by atoms with van der Waals surface area (Å²) in [4.78, 5) is 21.2. The molecule has 6 aromatic heterocycles. The van der Waals surface area contributed by atoms with E-state index in [4.69, 9.17) is 4.78 Å². The lowest BCUT2D eigenvalue weighted by molar-refractivity contribution is -0.142. The van der Waals surface area contributed by atoms with E-state index >= 15 is 0 Å². The average molecular weight is 1120 g/mol. The first-order chi connectivity index (χ1) is 32.1. The molecule has 0 saturated heterocycles. The van der Waals surface area contributed by atoms with Gasteiger partial charge in [-0.25, -0.2) is 40.7 Å². The summed E-state index contributed by atoms with van der Waals surface area (Å²) in [6.07, 6.45) is -2.80. The van der Waals surface area contributed by atoms with Crippen LogP contribution in [0.2, 0.25) is 0 Å². The van der Waals surface area contributed by atoms with Crippen molar-refractivity contribution < 1.29 is 65.3 Å². The number of nitrogens with one attached hydrogen (secondary N) is 1. The second-order valence-electron chi connectivity index (χ2n) is 14.6. The standard InChI is InChI=1S/2C14H13F4N3OS.C9H11F3N2OS.C5H3BrFN/c2*1-9(10-3-4-12(20-8-10)14(16,17)18)23(2,22)21-13-7-11(15)5-6-19-13;1-6(16(2,13)15)7-3-4-8(14-5-7)9(10,11)12;6-5-3-4(7)1-2-8-5/h2*3-9H,1-2H3;3-6,13H,1-2H3;1-3H. The van der Waals surface area contributed by atoms with Gasteiger partial charge in [-0.2, -0.15) is 48.2 Å². The van der Waals surface area contributed by atoms with Gasteiger partial charge in [0.1, 0.15) is 39.1 Å². The average Bonchev–Trinajstić information content (AvgIpc) is 3.25. The van der Waals surface area contributed by atoms with Crippen molar-refractivity contribution in [2.75, 3.05) is 18.8 Å². The van der Waals surface area contributed by atoms with Gasteiger partial charge in [-0.05, 0) is 89.8 Å². The molecule has 6 atom stereocenters. The van der Waals surface area contributed by atoms with Crippen molar-refractivity contribution in [3.8, 4) is 0 Å². The SMILES string of the molecule is CC(c1ccc(C(F)(F)F)nc1)S(C)(=N)=O.CC(c1ccc(C(F)(F)F)nc1)S(C)(=O)=Nc1cc(F)ccn1.CC(c1ccc(C(F)(F)F)nc1)S(C)(=O)=Nc1cc(F)ccn1.Fc1ccnc(Br)c1. The minimum atomic E-state index is -4.54. The predicted octanol–water partition coefficient (Wildman–Crippen LogP) is 13.1. The van der Waals surface area contributed by atoms with Gasteiger partial charge in [0.05, 0.1) is 35.2 Å². The molecule has 0 saturated carbocycles. The van der Waals surface area contributed by atoms with Crippen LogP contribution in [0.1, 0.15) is 70.3 Å². The van der Waals surface area contributed by atoms with E-state index in [1.807, 2.05) is 0 Å². The third-order valence-corrected chi connectivity index (χ3v) is 15.6. The molecular weight excluding hydrogens is 1080 g/mol. The van der Waals surface area contributed by atoms with Crippen LogP contribution in [0.15, 0.2) is 123 Å². The number of hydrogen-bond donors (Lipinski definition) is 1. The highest BCUT2D eigenvalue weighted by Gasteiger charge is 2.34. The van der Waals surface area contributed by atoms with Gasteiger partial charge in [0.15, 0.2) is 11.6 Å². The van der Waals surface area contributed by atoms with Crippen LogP contribution in [0.5, 0.6) is 0 Å². The third-order valence-electron chi connectivity index (χ3n) is 9.28. The molecule has 0 amide bonds. The van der Waals surface area contributed by atoms with E-state index in [-0.39, 0.29) is 17.5 Å². The molecule has 0 aromatic carbocycles. The molecule has 6 unspecified atom stereocenters. The van der Waals surface area contributed by atoms with Gasteiger partial charge in [0.25, 0.3) is 0 Å². The summed E-state index contributed by atoms with van der Waals surface area (Å²) in [5.41, 5.74) is -2.00. The van der Waals surface area contributed by atoms with Crippen molar-refractivity contribution in [2.24, 2.45) is 8.73 Å². The van der Waals surface area contributed by atoms with Crippen LogP contribution in [-0.4, -0.2) is 61.3 Å². The Hall–Kier alpha value is -5.61. The molecule has 0 aliphatic heterocycles. The molecule has 380 valence electrons. The molecule has 12 nitrogen and oxygen atoms in total. The van der Waals surface area contributed by atoms with Crippen LogP contribution in [0.25, 0.3) is 0 Å². The van der Waals surface area contributed by atoms with Gasteiger partial charge in [0.2, 0.25) is 0 Å². The largest absolute Gasteiger partial charge is 0.433 e. The van der Waals surface area contributed by atoms with Crippen LogP contribution >= 0.6 is 15.9 Å². The number of hydrogen-bond acceptors (Lipinski definition) is 12. The summed E-state index contributed by atoms with van der Waals surface area (Å²) in [7, 11) is -8.64. The topological polar surface area (TPSA) is 177 Å². The lowest BCUT2D eigenvalue weighted by atomic mass is 10.2. The molecule has 0 aliphatic rings. The molecule has 0 fully saturated rings. The van der Waals surface area contributed by atoms with Gasteiger partial charge < -0.3 is 0 Å². The van der Waals surface area contributed by atoms with E-state index in [2.05, 4.69) is 54.6 Å². The molecule has 28 heteroatoms. The van der Waals surface area contributed by atoms with Crippen molar-refractivity contribution >= 4 is 56.8 Å². The van der Waals surface area contributed by atoms with Crippen LogP contribution < -0.4 is 0 Å². The Labute approximate surface area is 403 Å². The molecule has 6 heterocycles. The van der Waals surface area contributed by atoms with Crippen molar-refractivity contribution in [1.29, 1.82) is 4.78 Å². The van der Waals surface area contributed by atoms with Crippen molar-refractivity contribution in [2.45, 2.75) is 55.0 Å². The molecule has 0 aliphatic carbocycles. The van der Waals surface area contributed by atoms with Crippen LogP contribution in [0.4, 0.5) is 64.3 Å². The summed E-state index contributed by atoms with van der Waals surface area (Å²) in [5, 5.41) is -2.05. The highest BCUT2D eigenvalue weighted by atomic mass is 79.9. The van der Waals surface area contributed by atoms with Gasteiger partial charge in [-0.1, -0.05) is 18.2 Å². The van der Waals surface area contributed by atoms with E-state index < -0.39 is 92.2 Å². The van der Waals surface area contributed by atoms with Crippen LogP contribution in [0.3, 0.4) is 0 Å². The normalized spacial score (nSPS) is 15.5. The zero-order valence-electron chi connectivity index (χ0n) is 37.1. The second-order valence-corrected chi connectivity index (χ2v) is 23.2. The fraction of sp³-hybridized carbons (Fsp3) is 0.286. The first kappa shape index (κ1) is 58.7. The fourth-order valence-corrected chi connectivity index (χ4v) is 8.54. The Morgan fingerprint density at radius 1 is 0.486 bits per heavy atom. The van der Waals surface area contributed by atoms with E-state index in [9.17, 15) is 65.3 Å². The number of halogens is 13. The molecule has 70 heavy (non-hydrogen) atoms. The van der Waals surface area contributed by atoms with Gasteiger partial charge in [-0.3, -0.25) is 19.7 Å². The van der Waals surface area contributed by atoms with Gasteiger partial charge >= 0.3 is 18.5 Å². The molecule has 0 bridgehead atoms. The summed E-state index contributed by atoms with van der Waals surface area (Å²) in [6, 6.07) is 13.0. The number of nitrogens with zero attached hydrogens (tertiary/aromatic N) is 8. The lowest BCUT2D eigenvalue weighted by Gasteiger charge is -2.14. The lowest BCUT2D eigenvalue weighted by Crippen LogP contribution is -2.11. The summed E-state index contributed by atoms with van der Waals surface area (Å²) in [5.74, 6) is -1.49. The van der Waals surface area contributed by atoms with E-state index in [0.717, 1.165) is 61.1 Å². The zero-order chi connectivity index (χ0) is 53.0. The molecule has 6 aromatic rings. The van der Waals surface area contributed by atoms with Crippen molar-refractivity contribution in [1.82, 2.24) is 29.9 Å². The number of rotatable bonds is 8. The highest BCUT2D eigenvalue weighted by Crippen LogP contribution is 2.33. The zero-order valence-corrected chi connectivity index (χ0v) is 41.1. The quantitative estimate of drug-likeness (QED) is 0.115. The Balaban J connectivity index is 0.000000260. The summed E-state index contributed by atoms with van der Waals surface area (Å²) >= 11 is 3.01. The van der Waals surface area contributed by atoms with Crippen molar-refractivity contribution in [3.63, 3.8) is 0 Å². The Morgan fingerprint density at radius 3 is 1.01 bits per heavy atom. The monoisotopic (exact) mass is 1120 g/mol. The maximum atomic E-state index is 13.1. The first-order valence-corrected chi connectivity index (χ1v) is 26.1. The minimum Gasteiger partial charge on any atom is -0.253 e. The van der Waals surface area contributed by atoms with E-state index in [0.29, 0.717) is 21.3 Å². The van der Waals surface area contributed by atoms with Gasteiger partial charge in [-0.15, -0.1) is 0 Å². The van der Waals surface area contributed by atoms with Crippen LogP contribution in [0, 0.1) is 22.2 Å². The smallest absolute Gasteiger partial charge is 0.253 e. The fourth-order valence-electron chi connectivity index (χ4n) is 5.00. The second kappa shape index (κ2) is 24.0. The number of alkyl halides is 9. The highest BCUT2D eigenvalue weighted by molar-refractivity contribution is 9.10. The maximum Gasteiger partial charge on any atom is 0.433 e.